The minimum absolute atomic E-state index is 0.121. The van der Waals surface area contributed by atoms with E-state index < -0.39 is 18.9 Å². The molecule has 33 heavy (non-hydrogen) atoms. The van der Waals surface area contributed by atoms with Crippen LogP contribution in [0.15, 0.2) is 24.5 Å². The number of hydrogen-bond acceptors (Lipinski definition) is 6. The lowest BCUT2D eigenvalue weighted by Crippen LogP contribution is -2.63. The molecule has 5 rings (SSSR count). The van der Waals surface area contributed by atoms with Crippen LogP contribution in [0.1, 0.15) is 24.0 Å². The van der Waals surface area contributed by atoms with Crippen LogP contribution in [0.5, 0.6) is 0 Å². The molecule has 2 aromatic heterocycles. The number of aromatic nitrogens is 3. The highest BCUT2D eigenvalue weighted by atomic mass is 31.2. The van der Waals surface area contributed by atoms with Crippen molar-refractivity contribution in [2.75, 3.05) is 31.7 Å². The van der Waals surface area contributed by atoms with E-state index in [2.05, 4.69) is 25.6 Å². The van der Waals surface area contributed by atoms with Crippen molar-refractivity contribution in [3.05, 3.63) is 35.7 Å². The molecule has 1 aliphatic heterocycles. The molecule has 1 spiro atoms. The van der Waals surface area contributed by atoms with E-state index in [0.717, 1.165) is 32.1 Å². The second-order valence-electron chi connectivity index (χ2n) is 9.36. The van der Waals surface area contributed by atoms with Crippen molar-refractivity contribution in [1.82, 2.24) is 20.3 Å². The summed E-state index contributed by atoms with van der Waals surface area (Å²) < 4.78 is 54.4. The molecule has 0 amide bonds. The predicted molar refractivity (Wildman–Crippen MR) is 120 cm³/mol. The number of hydrogen-bond donors (Lipinski definition) is 3. The smallest absolute Gasteiger partial charge is 0.360 e. The van der Waals surface area contributed by atoms with Crippen molar-refractivity contribution >= 4 is 29.3 Å². The molecule has 1 aliphatic carbocycles. The van der Waals surface area contributed by atoms with Crippen LogP contribution in [0.4, 0.5) is 19.1 Å². The standard InChI is InChI=1S/C22H22F3N6OP/c1-33(2,32)19-12(7-26)3-4-14-15(8-28-18(14)19)17-16(22(23,24)25)9-29-20(31-17)30-13-5-21(6-13)10-27-11-21/h3-4,8-9,13,27-28H,5-6,10-11H2,1-2H3,(H,29,30,31). The van der Waals surface area contributed by atoms with E-state index >= 15 is 0 Å². The van der Waals surface area contributed by atoms with E-state index in [0.29, 0.717) is 21.6 Å². The zero-order valence-electron chi connectivity index (χ0n) is 18.0. The number of alkyl halides is 3. The first-order valence-electron chi connectivity index (χ1n) is 10.5. The first-order valence-corrected chi connectivity index (χ1v) is 13.1. The molecule has 0 radical (unpaired) electrons. The van der Waals surface area contributed by atoms with Crippen LogP contribution in [-0.2, 0) is 10.7 Å². The molecule has 0 atom stereocenters. The van der Waals surface area contributed by atoms with E-state index in [4.69, 9.17) is 0 Å². The molecular weight excluding hydrogens is 452 g/mol. The van der Waals surface area contributed by atoms with Gasteiger partial charge in [-0.15, -0.1) is 0 Å². The summed E-state index contributed by atoms with van der Waals surface area (Å²) >= 11 is 0. The molecule has 3 heterocycles. The Balaban J connectivity index is 1.60. The van der Waals surface area contributed by atoms with Gasteiger partial charge in [0.1, 0.15) is 12.7 Å². The van der Waals surface area contributed by atoms with E-state index in [1.165, 1.54) is 25.6 Å². The van der Waals surface area contributed by atoms with Crippen LogP contribution in [0.2, 0.25) is 0 Å². The fraction of sp³-hybridized carbons (Fsp3) is 0.409. The van der Waals surface area contributed by atoms with Gasteiger partial charge in [-0.05, 0) is 37.7 Å². The molecule has 172 valence electrons. The largest absolute Gasteiger partial charge is 0.419 e. The predicted octanol–water partition coefficient (Wildman–Crippen LogP) is 3.93. The number of nitrogens with one attached hydrogen (secondary N) is 3. The number of rotatable bonds is 4. The number of H-pyrrole nitrogens is 1. The topological polar surface area (TPSA) is 106 Å². The van der Waals surface area contributed by atoms with Crippen LogP contribution in [0.3, 0.4) is 0 Å². The number of anilines is 1. The zero-order valence-corrected chi connectivity index (χ0v) is 18.9. The monoisotopic (exact) mass is 474 g/mol. The van der Waals surface area contributed by atoms with Gasteiger partial charge in [-0.2, -0.15) is 18.4 Å². The minimum Gasteiger partial charge on any atom is -0.360 e. The Morgan fingerprint density at radius 3 is 2.58 bits per heavy atom. The molecule has 0 unspecified atom stereocenters. The van der Waals surface area contributed by atoms with Gasteiger partial charge in [0.25, 0.3) is 0 Å². The highest BCUT2D eigenvalue weighted by molar-refractivity contribution is 7.70. The number of fused-ring (bicyclic) bond motifs is 1. The van der Waals surface area contributed by atoms with Gasteiger partial charge in [0.2, 0.25) is 5.95 Å². The normalized spacial score (nSPS) is 18.1. The van der Waals surface area contributed by atoms with E-state index in [9.17, 15) is 23.0 Å². The van der Waals surface area contributed by atoms with Crippen molar-refractivity contribution in [2.24, 2.45) is 5.41 Å². The third-order valence-corrected chi connectivity index (χ3v) is 8.07. The van der Waals surface area contributed by atoms with Crippen molar-refractivity contribution in [3.63, 3.8) is 0 Å². The van der Waals surface area contributed by atoms with Gasteiger partial charge in [-0.1, -0.05) is 6.07 Å². The molecule has 7 nitrogen and oxygen atoms in total. The Bertz CT molecular complexity index is 1340. The van der Waals surface area contributed by atoms with Gasteiger partial charge in [0, 0.05) is 42.5 Å². The molecule has 1 saturated heterocycles. The lowest BCUT2D eigenvalue weighted by Gasteiger charge is -2.54. The Hall–Kier alpha value is -2.89. The third kappa shape index (κ3) is 3.69. The number of nitrogens with zero attached hydrogens (tertiary/aromatic N) is 3. The molecule has 3 aromatic rings. The van der Waals surface area contributed by atoms with Crippen LogP contribution >= 0.6 is 7.14 Å². The number of halogens is 3. The summed E-state index contributed by atoms with van der Waals surface area (Å²) in [6.45, 7) is 4.98. The molecule has 2 aliphatic rings. The van der Waals surface area contributed by atoms with Gasteiger partial charge in [0.15, 0.2) is 0 Å². The maximum atomic E-state index is 13.8. The number of aromatic amines is 1. The molecular formula is C22H22F3N6OP. The second-order valence-corrected chi connectivity index (χ2v) is 12.5. The molecule has 0 bridgehead atoms. The highest BCUT2D eigenvalue weighted by Crippen LogP contribution is 2.46. The molecule has 1 aromatic carbocycles. The van der Waals surface area contributed by atoms with Gasteiger partial charge in [0.05, 0.1) is 28.1 Å². The van der Waals surface area contributed by atoms with Crippen molar-refractivity contribution in [2.45, 2.75) is 25.1 Å². The minimum atomic E-state index is -4.66. The zero-order chi connectivity index (χ0) is 23.6. The number of nitriles is 1. The quantitative estimate of drug-likeness (QED) is 0.495. The lowest BCUT2D eigenvalue weighted by atomic mass is 9.62. The first-order chi connectivity index (χ1) is 15.5. The number of benzene rings is 1. The van der Waals surface area contributed by atoms with E-state index in [1.807, 2.05) is 6.07 Å². The van der Waals surface area contributed by atoms with Gasteiger partial charge < -0.3 is 20.2 Å². The lowest BCUT2D eigenvalue weighted by molar-refractivity contribution is -0.137. The van der Waals surface area contributed by atoms with Crippen LogP contribution in [0.25, 0.3) is 22.2 Å². The van der Waals surface area contributed by atoms with Crippen LogP contribution in [0, 0.1) is 16.7 Å². The fourth-order valence-corrected chi connectivity index (χ4v) is 6.36. The average molecular weight is 474 g/mol. The fourth-order valence-electron chi connectivity index (χ4n) is 4.93. The Morgan fingerprint density at radius 2 is 2.00 bits per heavy atom. The summed E-state index contributed by atoms with van der Waals surface area (Å²) in [6, 6.07) is 5.20. The SMILES string of the molecule is CP(C)(=O)c1c(C#N)ccc2c(-c3nc(NC4CC5(CNC5)C4)ncc3C(F)(F)F)c[nH]c12. The summed E-state index contributed by atoms with van der Waals surface area (Å²) in [7, 11) is -2.90. The summed E-state index contributed by atoms with van der Waals surface area (Å²) in [5, 5.41) is 16.6. The third-order valence-electron chi connectivity index (χ3n) is 6.53. The van der Waals surface area contributed by atoms with Gasteiger partial charge >= 0.3 is 6.18 Å². The maximum absolute atomic E-state index is 13.8. The van der Waals surface area contributed by atoms with Crippen molar-refractivity contribution in [3.8, 4) is 17.3 Å². The Labute approximate surface area is 188 Å². The van der Waals surface area contributed by atoms with Crippen LogP contribution in [-0.4, -0.2) is 47.4 Å². The molecule has 1 saturated carbocycles. The van der Waals surface area contributed by atoms with Crippen LogP contribution < -0.4 is 15.9 Å². The molecule has 3 N–H and O–H groups in total. The highest BCUT2D eigenvalue weighted by Gasteiger charge is 2.48. The summed E-state index contributed by atoms with van der Waals surface area (Å²) in [4.78, 5) is 11.2. The Morgan fingerprint density at radius 1 is 1.27 bits per heavy atom. The van der Waals surface area contributed by atoms with Crippen molar-refractivity contribution < 1.29 is 17.7 Å². The second kappa shape index (κ2) is 7.31. The van der Waals surface area contributed by atoms with E-state index in [-0.39, 0.29) is 28.8 Å². The summed E-state index contributed by atoms with van der Waals surface area (Å²) in [6.07, 6.45) is -0.580. The molecule has 11 heteroatoms. The Kier molecular flexibility index (Phi) is 4.86. The maximum Gasteiger partial charge on any atom is 0.419 e. The first kappa shape index (κ1) is 21.9. The van der Waals surface area contributed by atoms with E-state index in [1.54, 1.807) is 6.07 Å². The summed E-state index contributed by atoms with van der Waals surface area (Å²) in [5.74, 6) is 0.144. The van der Waals surface area contributed by atoms with Crippen molar-refractivity contribution in [1.29, 1.82) is 5.26 Å². The summed E-state index contributed by atoms with van der Waals surface area (Å²) in [5.41, 5.74) is -0.0820. The van der Waals surface area contributed by atoms with Gasteiger partial charge in [-0.25, -0.2) is 9.97 Å². The molecule has 2 fully saturated rings. The van der Waals surface area contributed by atoms with Gasteiger partial charge in [-0.3, -0.25) is 0 Å². The average Bonchev–Trinajstić information content (AvgIpc) is 3.10.